The van der Waals surface area contributed by atoms with Crippen molar-refractivity contribution in [3.8, 4) is 5.88 Å². The number of fused-ring (bicyclic) bond motifs is 1. The van der Waals surface area contributed by atoms with Crippen molar-refractivity contribution >= 4 is 22.4 Å². The molecule has 0 radical (unpaired) electrons. The van der Waals surface area contributed by atoms with Gasteiger partial charge in [0.05, 0.1) is 30.6 Å². The van der Waals surface area contributed by atoms with Crippen LogP contribution in [0.4, 0.5) is 5.69 Å². The number of hydrogen-bond donors (Lipinski definition) is 1. The largest absolute Gasteiger partial charge is 0.481 e. The molecule has 0 atom stereocenters. The number of hydrogen-bond acceptors (Lipinski definition) is 5. The molecule has 0 saturated heterocycles. The summed E-state index contributed by atoms with van der Waals surface area (Å²) in [6, 6.07) is 10.4. The molecule has 1 aromatic carbocycles. The summed E-state index contributed by atoms with van der Waals surface area (Å²) >= 11 is 0. The van der Waals surface area contributed by atoms with Gasteiger partial charge >= 0.3 is 0 Å². The van der Waals surface area contributed by atoms with E-state index in [2.05, 4.69) is 15.4 Å². The number of aromatic nitrogens is 3. The third-order valence-corrected chi connectivity index (χ3v) is 3.28. The number of nitrogens with one attached hydrogen (secondary N) is 1. The fourth-order valence-corrected chi connectivity index (χ4v) is 2.15. The van der Waals surface area contributed by atoms with Crippen molar-refractivity contribution in [3.63, 3.8) is 0 Å². The van der Waals surface area contributed by atoms with E-state index in [9.17, 15) is 9.59 Å². The van der Waals surface area contributed by atoms with Crippen LogP contribution >= 0.6 is 0 Å². The van der Waals surface area contributed by atoms with Crippen molar-refractivity contribution in [3.05, 3.63) is 59.1 Å². The quantitative estimate of drug-likeness (QED) is 0.788. The zero-order valence-electron chi connectivity index (χ0n) is 12.4. The van der Waals surface area contributed by atoms with Crippen molar-refractivity contribution in [2.75, 3.05) is 12.4 Å². The number of amides is 1. The van der Waals surface area contributed by atoms with Gasteiger partial charge in [0.15, 0.2) is 0 Å². The molecule has 0 aliphatic rings. The number of methoxy groups -OCH3 is 1. The Balaban J connectivity index is 1.77. The fourth-order valence-electron chi connectivity index (χ4n) is 2.15. The van der Waals surface area contributed by atoms with Gasteiger partial charge in [-0.15, -0.1) is 0 Å². The summed E-state index contributed by atoms with van der Waals surface area (Å²) in [6.45, 7) is -0.171. The van der Waals surface area contributed by atoms with E-state index < -0.39 is 0 Å². The zero-order chi connectivity index (χ0) is 16.2. The lowest BCUT2D eigenvalue weighted by Crippen LogP contribution is -2.29. The number of nitrogens with zero attached hydrogens (tertiary/aromatic N) is 3. The molecule has 0 aliphatic heterocycles. The minimum absolute atomic E-state index is 0.171. The van der Waals surface area contributed by atoms with Gasteiger partial charge in [-0.05, 0) is 12.1 Å². The first-order valence-corrected chi connectivity index (χ1v) is 6.92. The van der Waals surface area contributed by atoms with E-state index in [1.807, 2.05) is 6.07 Å². The van der Waals surface area contributed by atoms with Crippen LogP contribution in [0.3, 0.4) is 0 Å². The average Bonchev–Trinajstić information content (AvgIpc) is 2.58. The first-order chi connectivity index (χ1) is 11.2. The smallest absolute Gasteiger partial charge is 0.275 e. The minimum atomic E-state index is -0.359. The van der Waals surface area contributed by atoms with Crippen LogP contribution in [-0.4, -0.2) is 27.8 Å². The van der Waals surface area contributed by atoms with Gasteiger partial charge in [0.25, 0.3) is 5.56 Å². The standard InChI is InChI=1S/C16H14N4O3/c1-23-15-7-6-12(9-17-15)19-14(21)10-20-16(22)13-5-3-2-4-11(13)8-18-20/h2-9H,10H2,1H3,(H,19,21). The van der Waals surface area contributed by atoms with E-state index in [1.54, 1.807) is 36.5 Å². The van der Waals surface area contributed by atoms with E-state index in [4.69, 9.17) is 4.74 Å². The van der Waals surface area contributed by atoms with E-state index in [0.717, 1.165) is 10.1 Å². The summed E-state index contributed by atoms with van der Waals surface area (Å²) < 4.78 is 6.08. The molecule has 3 aromatic rings. The molecule has 7 nitrogen and oxygen atoms in total. The molecule has 7 heteroatoms. The second-order valence-electron chi connectivity index (χ2n) is 4.83. The second kappa shape index (κ2) is 6.27. The summed E-state index contributed by atoms with van der Waals surface area (Å²) in [4.78, 5) is 28.3. The Morgan fingerprint density at radius 1 is 1.22 bits per heavy atom. The number of carbonyl (C=O) groups excluding carboxylic acids is 1. The molecule has 0 bridgehead atoms. The van der Waals surface area contributed by atoms with Gasteiger partial charge in [0, 0.05) is 11.5 Å². The van der Waals surface area contributed by atoms with Gasteiger partial charge < -0.3 is 10.1 Å². The molecule has 3 rings (SSSR count). The molecular formula is C16H14N4O3. The highest BCUT2D eigenvalue weighted by Crippen LogP contribution is 2.11. The predicted octanol–water partition coefficient (Wildman–Crippen LogP) is 1.44. The first kappa shape index (κ1) is 14.7. The van der Waals surface area contributed by atoms with Crippen LogP contribution in [0.15, 0.2) is 53.6 Å². The number of benzene rings is 1. The number of pyridine rings is 1. The van der Waals surface area contributed by atoms with Crippen molar-refractivity contribution in [1.82, 2.24) is 14.8 Å². The van der Waals surface area contributed by atoms with Crippen molar-refractivity contribution in [2.24, 2.45) is 0 Å². The highest BCUT2D eigenvalue weighted by atomic mass is 16.5. The third kappa shape index (κ3) is 3.18. The van der Waals surface area contributed by atoms with Gasteiger partial charge in [-0.25, -0.2) is 9.67 Å². The summed E-state index contributed by atoms with van der Waals surface area (Å²) in [5.74, 6) is 0.0947. The zero-order valence-corrected chi connectivity index (χ0v) is 12.4. The van der Waals surface area contributed by atoms with Crippen LogP contribution < -0.4 is 15.6 Å². The molecule has 0 spiro atoms. The van der Waals surface area contributed by atoms with Gasteiger partial charge in [-0.3, -0.25) is 9.59 Å². The highest BCUT2D eigenvalue weighted by molar-refractivity contribution is 5.90. The van der Waals surface area contributed by atoms with Gasteiger partial charge in [-0.2, -0.15) is 5.10 Å². The summed E-state index contributed by atoms with van der Waals surface area (Å²) in [6.07, 6.45) is 3.05. The first-order valence-electron chi connectivity index (χ1n) is 6.92. The van der Waals surface area contributed by atoms with E-state index >= 15 is 0 Å². The van der Waals surface area contributed by atoms with E-state index in [-0.39, 0.29) is 18.0 Å². The van der Waals surface area contributed by atoms with Crippen LogP contribution in [0.1, 0.15) is 0 Å². The highest BCUT2D eigenvalue weighted by Gasteiger charge is 2.09. The molecule has 23 heavy (non-hydrogen) atoms. The third-order valence-electron chi connectivity index (χ3n) is 3.28. The molecule has 1 amide bonds. The Morgan fingerprint density at radius 3 is 2.78 bits per heavy atom. The maximum absolute atomic E-state index is 12.3. The molecule has 116 valence electrons. The van der Waals surface area contributed by atoms with Crippen LogP contribution in [-0.2, 0) is 11.3 Å². The Bertz CT molecular complexity index is 903. The van der Waals surface area contributed by atoms with Crippen LogP contribution in [0, 0.1) is 0 Å². The summed E-state index contributed by atoms with van der Waals surface area (Å²) in [5, 5.41) is 7.96. The maximum atomic E-state index is 12.3. The van der Waals surface area contributed by atoms with Crippen molar-refractivity contribution in [2.45, 2.75) is 6.54 Å². The topological polar surface area (TPSA) is 86.1 Å². The Hall–Kier alpha value is -3.22. The van der Waals surface area contributed by atoms with Gasteiger partial charge in [-0.1, -0.05) is 18.2 Å². The summed E-state index contributed by atoms with van der Waals surface area (Å²) in [7, 11) is 1.51. The lowest BCUT2D eigenvalue weighted by atomic mass is 10.2. The van der Waals surface area contributed by atoms with Crippen LogP contribution in [0.5, 0.6) is 5.88 Å². The van der Waals surface area contributed by atoms with Crippen LogP contribution in [0.2, 0.25) is 0 Å². The molecule has 0 aliphatic carbocycles. The van der Waals surface area contributed by atoms with E-state index in [1.165, 1.54) is 13.3 Å². The molecule has 2 heterocycles. The van der Waals surface area contributed by atoms with Gasteiger partial charge in [0.1, 0.15) is 6.54 Å². The lowest BCUT2D eigenvalue weighted by molar-refractivity contribution is -0.117. The van der Waals surface area contributed by atoms with E-state index in [0.29, 0.717) is 17.0 Å². The second-order valence-corrected chi connectivity index (χ2v) is 4.83. The number of anilines is 1. The lowest BCUT2D eigenvalue weighted by Gasteiger charge is -2.07. The molecule has 0 saturated carbocycles. The van der Waals surface area contributed by atoms with Crippen molar-refractivity contribution < 1.29 is 9.53 Å². The van der Waals surface area contributed by atoms with Gasteiger partial charge in [0.2, 0.25) is 11.8 Å². The molecule has 0 unspecified atom stereocenters. The Kier molecular flexibility index (Phi) is 4.01. The fraction of sp³-hybridized carbons (Fsp3) is 0.125. The average molecular weight is 310 g/mol. The summed E-state index contributed by atoms with van der Waals surface area (Å²) in [5.41, 5.74) is 0.218. The SMILES string of the molecule is COc1ccc(NC(=O)Cn2ncc3ccccc3c2=O)cn1. The molecule has 1 N–H and O–H groups in total. The monoisotopic (exact) mass is 310 g/mol. The normalized spacial score (nSPS) is 10.5. The van der Waals surface area contributed by atoms with Crippen LogP contribution in [0.25, 0.3) is 10.8 Å². The molecular weight excluding hydrogens is 296 g/mol. The number of carbonyl (C=O) groups is 1. The number of ether oxygens (including phenoxy) is 1. The maximum Gasteiger partial charge on any atom is 0.275 e. The van der Waals surface area contributed by atoms with Crippen molar-refractivity contribution in [1.29, 1.82) is 0 Å². The Morgan fingerprint density at radius 2 is 2.04 bits per heavy atom. The predicted molar refractivity (Wildman–Crippen MR) is 85.4 cm³/mol. The minimum Gasteiger partial charge on any atom is -0.481 e. The Labute approximate surface area is 131 Å². The molecule has 0 fully saturated rings. The molecule has 2 aromatic heterocycles. The number of rotatable bonds is 4.